The zero-order chi connectivity index (χ0) is 24.7. The molecule has 5 aromatic rings. The second kappa shape index (κ2) is 8.77. The first-order valence-corrected chi connectivity index (χ1v) is 13.2. The molecule has 1 heterocycles. The van der Waals surface area contributed by atoms with Crippen LogP contribution in [0.4, 0.5) is 5.69 Å². The molecule has 0 aliphatic heterocycles. The lowest BCUT2D eigenvalue weighted by molar-refractivity contribution is 0.0693. The van der Waals surface area contributed by atoms with Crippen LogP contribution in [-0.2, 0) is 10.0 Å². The smallest absolute Gasteiger partial charge is 0.339 e. The lowest BCUT2D eigenvalue weighted by atomic mass is 10.1. The van der Waals surface area contributed by atoms with E-state index in [0.717, 1.165) is 28.4 Å². The van der Waals surface area contributed by atoms with Crippen LogP contribution in [0.2, 0.25) is 0 Å². The van der Waals surface area contributed by atoms with Gasteiger partial charge in [-0.15, -0.1) is 11.3 Å². The maximum absolute atomic E-state index is 13.1. The molecule has 1 aromatic heterocycles. The van der Waals surface area contributed by atoms with Crippen LogP contribution in [0.15, 0.2) is 86.9 Å². The number of anilines is 1. The van der Waals surface area contributed by atoms with Gasteiger partial charge < -0.3 is 15.3 Å². The third-order valence-electron chi connectivity index (χ3n) is 5.21. The van der Waals surface area contributed by atoms with E-state index in [1.807, 2.05) is 24.3 Å². The van der Waals surface area contributed by atoms with Crippen LogP contribution in [0.5, 0.6) is 11.5 Å². The number of aromatic nitrogens is 1. The molecule has 0 aliphatic rings. The number of fused-ring (bicyclic) bond motifs is 2. The van der Waals surface area contributed by atoms with E-state index in [0.29, 0.717) is 20.0 Å². The number of thiazole rings is 1. The summed E-state index contributed by atoms with van der Waals surface area (Å²) in [5.74, 6) is -2.00. The number of carboxylic acid groups (broad SMARTS) is 1. The van der Waals surface area contributed by atoms with Gasteiger partial charge in [-0.05, 0) is 36.4 Å². The Morgan fingerprint density at radius 3 is 2.40 bits per heavy atom. The molecule has 35 heavy (non-hydrogen) atoms. The van der Waals surface area contributed by atoms with Crippen molar-refractivity contribution in [1.29, 1.82) is 0 Å². The minimum atomic E-state index is -4.23. The van der Waals surface area contributed by atoms with E-state index in [9.17, 15) is 28.5 Å². The Kier molecular flexibility index (Phi) is 5.75. The van der Waals surface area contributed by atoms with Crippen LogP contribution in [0.25, 0.3) is 21.0 Å². The number of hydrogen-bond donors (Lipinski definition) is 4. The van der Waals surface area contributed by atoms with Crippen molar-refractivity contribution < 1.29 is 28.5 Å². The average molecular weight is 525 g/mol. The molecule has 0 radical (unpaired) electrons. The summed E-state index contributed by atoms with van der Waals surface area (Å²) < 4.78 is 30.4. The van der Waals surface area contributed by atoms with Crippen molar-refractivity contribution in [1.82, 2.24) is 4.98 Å². The zero-order valence-corrected chi connectivity index (χ0v) is 20.1. The Hall–Kier alpha value is -3.80. The molecular weight excluding hydrogens is 508 g/mol. The van der Waals surface area contributed by atoms with Crippen LogP contribution < -0.4 is 4.72 Å². The molecule has 0 amide bonds. The third-order valence-corrected chi connectivity index (χ3v) is 8.70. The number of nitrogens with zero attached hydrogens (tertiary/aromatic N) is 1. The van der Waals surface area contributed by atoms with Crippen molar-refractivity contribution in [2.75, 3.05) is 4.72 Å². The first kappa shape index (κ1) is 23.0. The van der Waals surface area contributed by atoms with E-state index >= 15 is 0 Å². The summed E-state index contributed by atoms with van der Waals surface area (Å²) in [6.07, 6.45) is 0. The third kappa shape index (κ3) is 4.36. The first-order chi connectivity index (χ1) is 16.7. The van der Waals surface area contributed by atoms with E-state index in [-0.39, 0.29) is 16.3 Å². The van der Waals surface area contributed by atoms with E-state index in [4.69, 9.17) is 0 Å². The molecule has 0 fully saturated rings. The Morgan fingerprint density at radius 1 is 0.943 bits per heavy atom. The summed E-state index contributed by atoms with van der Waals surface area (Å²) in [5.41, 5.74) is 0.491. The molecule has 5 rings (SSSR count). The van der Waals surface area contributed by atoms with Crippen LogP contribution in [-0.4, -0.2) is 34.7 Å². The summed E-state index contributed by atoms with van der Waals surface area (Å²) in [6.45, 7) is 0. The van der Waals surface area contributed by atoms with Crippen molar-refractivity contribution in [2.24, 2.45) is 0 Å². The highest BCUT2D eigenvalue weighted by atomic mass is 32.2. The standard InChI is InChI=1S/C24H16N2O6S3/c27-19-10-9-13(11-16(19)23(29)30)35(31,32)26-18-12-21(22(28)15-6-2-1-5-14(15)18)34-24-25-17-7-3-4-8-20(17)33-24/h1-12,26-28H,(H,29,30). The van der Waals surface area contributed by atoms with Crippen molar-refractivity contribution >= 4 is 65.8 Å². The molecule has 8 nitrogen and oxygen atoms in total. The molecule has 0 saturated carbocycles. The quantitative estimate of drug-likeness (QED) is 0.213. The largest absolute Gasteiger partial charge is 0.507 e. The fourth-order valence-electron chi connectivity index (χ4n) is 3.54. The van der Waals surface area contributed by atoms with Crippen LogP contribution in [0.3, 0.4) is 0 Å². The number of phenols is 2. The molecule has 0 unspecified atom stereocenters. The van der Waals surface area contributed by atoms with Crippen LogP contribution >= 0.6 is 23.1 Å². The molecule has 0 saturated heterocycles. The predicted octanol–water partition coefficient (Wildman–Crippen LogP) is 5.51. The van der Waals surface area contributed by atoms with Crippen molar-refractivity contribution in [3.63, 3.8) is 0 Å². The number of sulfonamides is 1. The number of carboxylic acids is 1. The lowest BCUT2D eigenvalue weighted by Gasteiger charge is -2.15. The fraction of sp³-hybridized carbons (Fsp3) is 0. The van der Waals surface area contributed by atoms with E-state index in [1.165, 1.54) is 29.2 Å². The van der Waals surface area contributed by atoms with Crippen LogP contribution in [0.1, 0.15) is 10.4 Å². The summed E-state index contributed by atoms with van der Waals surface area (Å²) in [5, 5.41) is 30.8. The number of hydrogen-bond acceptors (Lipinski definition) is 8. The zero-order valence-electron chi connectivity index (χ0n) is 17.7. The molecule has 0 atom stereocenters. The lowest BCUT2D eigenvalue weighted by Crippen LogP contribution is -2.14. The number of para-hydroxylation sites is 1. The monoisotopic (exact) mass is 524 g/mol. The number of aromatic hydroxyl groups is 2. The van der Waals surface area contributed by atoms with E-state index in [1.54, 1.807) is 24.3 Å². The Labute approximate surface area is 207 Å². The average Bonchev–Trinajstić information content (AvgIpc) is 3.24. The number of nitrogens with one attached hydrogen (secondary N) is 1. The van der Waals surface area contributed by atoms with Crippen molar-refractivity contribution in [2.45, 2.75) is 14.1 Å². The van der Waals surface area contributed by atoms with Gasteiger partial charge in [0.15, 0.2) is 4.34 Å². The maximum atomic E-state index is 13.1. The normalized spacial score (nSPS) is 11.7. The second-order valence-corrected chi connectivity index (χ2v) is 11.5. The number of carbonyl (C=O) groups is 1. The number of phenolic OH excluding ortho intramolecular Hbond substituents is 1. The molecule has 4 aromatic carbocycles. The van der Waals surface area contributed by atoms with Gasteiger partial charge >= 0.3 is 5.97 Å². The molecular formula is C24H16N2O6S3. The minimum absolute atomic E-state index is 0.00870. The summed E-state index contributed by atoms with van der Waals surface area (Å²) >= 11 is 2.66. The van der Waals surface area contributed by atoms with Crippen molar-refractivity contribution in [3.8, 4) is 11.5 Å². The summed E-state index contributed by atoms with van der Waals surface area (Å²) in [6, 6.07) is 18.9. The van der Waals surface area contributed by atoms with Gasteiger partial charge in [0.05, 0.1) is 25.7 Å². The van der Waals surface area contributed by atoms with E-state index < -0.39 is 27.3 Å². The molecule has 0 aliphatic carbocycles. The van der Waals surface area contributed by atoms with Crippen LogP contribution in [0, 0.1) is 0 Å². The molecule has 4 N–H and O–H groups in total. The highest BCUT2D eigenvalue weighted by molar-refractivity contribution is 8.01. The van der Waals surface area contributed by atoms with Crippen molar-refractivity contribution in [3.05, 3.63) is 78.4 Å². The first-order valence-electron chi connectivity index (χ1n) is 10.1. The minimum Gasteiger partial charge on any atom is -0.507 e. The second-order valence-electron chi connectivity index (χ2n) is 7.46. The highest BCUT2D eigenvalue weighted by Gasteiger charge is 2.22. The molecule has 176 valence electrons. The fourth-order valence-corrected chi connectivity index (χ4v) is 6.76. The van der Waals surface area contributed by atoms with Gasteiger partial charge in [-0.1, -0.05) is 48.2 Å². The van der Waals surface area contributed by atoms with E-state index in [2.05, 4.69) is 9.71 Å². The summed E-state index contributed by atoms with van der Waals surface area (Å²) in [7, 11) is -4.23. The number of benzene rings is 4. The van der Waals surface area contributed by atoms with Gasteiger partial charge in [-0.3, -0.25) is 4.72 Å². The highest BCUT2D eigenvalue weighted by Crippen LogP contribution is 2.44. The number of aromatic carboxylic acids is 1. The topological polar surface area (TPSA) is 137 Å². The maximum Gasteiger partial charge on any atom is 0.339 e. The Balaban J connectivity index is 1.59. The predicted molar refractivity (Wildman–Crippen MR) is 135 cm³/mol. The summed E-state index contributed by atoms with van der Waals surface area (Å²) in [4.78, 5) is 16.0. The van der Waals surface area contributed by atoms with Gasteiger partial charge in [0.2, 0.25) is 0 Å². The molecule has 0 spiro atoms. The molecule has 0 bridgehead atoms. The van der Waals surface area contributed by atoms with Gasteiger partial charge in [0.1, 0.15) is 17.1 Å². The Morgan fingerprint density at radius 2 is 1.66 bits per heavy atom. The SMILES string of the molecule is O=C(O)c1cc(S(=O)(=O)Nc2cc(Sc3nc4ccccc4s3)c(O)c3ccccc23)ccc1O. The van der Waals surface area contributed by atoms with Gasteiger partial charge in [0, 0.05) is 10.8 Å². The Bertz CT molecular complexity index is 1700. The number of rotatable bonds is 6. The van der Waals surface area contributed by atoms with Gasteiger partial charge in [0.25, 0.3) is 10.0 Å². The van der Waals surface area contributed by atoms with Gasteiger partial charge in [-0.25, -0.2) is 18.2 Å². The molecule has 11 heteroatoms. The van der Waals surface area contributed by atoms with Gasteiger partial charge in [-0.2, -0.15) is 0 Å².